The number of rotatable bonds is 3. The van der Waals surface area contributed by atoms with Crippen molar-refractivity contribution in [3.8, 4) is 0 Å². The van der Waals surface area contributed by atoms with E-state index < -0.39 is 21.2 Å². The maximum atomic E-state index is 4.95. The van der Waals surface area contributed by atoms with Crippen LogP contribution >= 0.6 is 21.2 Å². The van der Waals surface area contributed by atoms with Gasteiger partial charge in [-0.25, -0.2) is 0 Å². The van der Waals surface area contributed by atoms with Crippen molar-refractivity contribution < 1.29 is 0 Å². The van der Waals surface area contributed by atoms with Gasteiger partial charge in [0.15, 0.2) is 0 Å². The lowest BCUT2D eigenvalue weighted by Gasteiger charge is -2.13. The van der Waals surface area contributed by atoms with E-state index in [2.05, 4.69) is 78.2 Å². The molecule has 0 saturated carbocycles. The van der Waals surface area contributed by atoms with Crippen molar-refractivity contribution >= 4 is 38.2 Å². The van der Waals surface area contributed by atoms with Crippen LogP contribution in [0.5, 0.6) is 0 Å². The quantitative estimate of drug-likeness (QED) is 0.537. The molecule has 1 aromatic rings. The minimum Gasteiger partial charge on any atom is -0.268 e. The summed E-state index contributed by atoms with van der Waals surface area (Å²) in [5, 5.41) is 0. The third-order valence-electron chi connectivity index (χ3n) is 2.19. The van der Waals surface area contributed by atoms with Crippen molar-refractivity contribution in [1.29, 1.82) is 0 Å². The summed E-state index contributed by atoms with van der Waals surface area (Å²) < 4.78 is 14.7. The Balaban J connectivity index is 3.56. The molecule has 1 rings (SSSR count). The zero-order chi connectivity index (χ0) is 16.5. The van der Waals surface area contributed by atoms with Crippen molar-refractivity contribution in [2.75, 3.05) is 60.0 Å². The molecule has 0 amide bonds. The zero-order valence-corrected chi connectivity index (χ0v) is 17.6. The fourth-order valence-corrected chi connectivity index (χ4v) is 4.17. The van der Waals surface area contributed by atoms with Crippen LogP contribution in [0.2, 0.25) is 0 Å². The topological polar surface area (TPSA) is 37.1 Å². The monoisotopic (exact) mass is 345 g/mol. The first kappa shape index (κ1) is 19.0. The lowest BCUT2D eigenvalue weighted by atomic mass is 10.2. The van der Waals surface area contributed by atoms with Crippen LogP contribution in [0.1, 0.15) is 0 Å². The van der Waals surface area contributed by atoms with Gasteiger partial charge in [0.1, 0.15) is 0 Å². The summed E-state index contributed by atoms with van der Waals surface area (Å²) in [5.41, 5.74) is 3.08. The molecule has 0 radical (unpaired) electrons. The maximum Gasteiger partial charge on any atom is 0.0889 e. The van der Waals surface area contributed by atoms with Crippen LogP contribution in [0.4, 0.5) is 17.1 Å². The van der Waals surface area contributed by atoms with Gasteiger partial charge < -0.3 is 0 Å². The van der Waals surface area contributed by atoms with Crippen LogP contribution in [0.3, 0.4) is 0 Å². The van der Waals surface area contributed by atoms with Gasteiger partial charge in [-0.1, -0.05) is 0 Å². The number of hydrogen-bond acceptors (Lipinski definition) is 3. The smallest absolute Gasteiger partial charge is 0.0889 e. The van der Waals surface area contributed by atoms with Gasteiger partial charge in [0, 0.05) is 0 Å². The van der Waals surface area contributed by atoms with E-state index in [0.717, 1.165) is 17.1 Å². The van der Waals surface area contributed by atoms with Crippen LogP contribution in [-0.4, -0.2) is 60.0 Å². The largest absolute Gasteiger partial charge is 0.268 e. The summed E-state index contributed by atoms with van der Waals surface area (Å²) in [6.45, 7) is 20.0. The number of nitrogens with zero attached hydrogens (tertiary/aromatic N) is 3. The van der Waals surface area contributed by atoms with Gasteiger partial charge in [-0.2, -0.15) is 0 Å². The normalized spacial score (nSPS) is 13.0. The van der Waals surface area contributed by atoms with E-state index in [0.29, 0.717) is 0 Å². The summed E-state index contributed by atoms with van der Waals surface area (Å²) in [4.78, 5) is 0. The predicted molar refractivity (Wildman–Crippen MR) is 107 cm³/mol. The molecule has 0 N–H and O–H groups in total. The van der Waals surface area contributed by atoms with E-state index in [1.54, 1.807) is 0 Å². The van der Waals surface area contributed by atoms with Crippen molar-refractivity contribution in [2.24, 2.45) is 14.2 Å². The van der Waals surface area contributed by atoms with E-state index in [4.69, 9.17) is 14.2 Å². The van der Waals surface area contributed by atoms with Crippen molar-refractivity contribution in [3.63, 3.8) is 0 Å². The maximum absolute atomic E-state index is 4.95. The lowest BCUT2D eigenvalue weighted by molar-refractivity contribution is 1.44. The highest BCUT2D eigenvalue weighted by molar-refractivity contribution is 7.64. The fraction of sp³-hybridized carbons (Fsp3) is 0.600. The Morgan fingerprint density at radius 3 is 1.43 bits per heavy atom. The minimum absolute atomic E-state index is 1.01. The van der Waals surface area contributed by atoms with Gasteiger partial charge in [-0.3, -0.25) is 14.2 Å². The van der Waals surface area contributed by atoms with Crippen LogP contribution in [0.25, 0.3) is 0 Å². The molecule has 6 heteroatoms. The second-order valence-corrected chi connectivity index (χ2v) is 20.0. The molecule has 0 aliphatic rings. The minimum atomic E-state index is -1.26. The number of benzene rings is 1. The third kappa shape index (κ3) is 8.20. The molecular formula is C15H30N3P3. The molecule has 0 saturated heterocycles. The van der Waals surface area contributed by atoms with Crippen LogP contribution in [0.15, 0.2) is 32.4 Å². The molecule has 0 spiro atoms. The molecule has 0 unspecified atom stereocenters. The Morgan fingerprint density at radius 2 is 1.00 bits per heavy atom. The standard InChI is InChI=1S/C15H30N3P3/c1-19(2,3)16-13-10-11-14(17-20(4,5)6)15(12-13)18-21(7,8)9/h10-12H,1-9H3. The van der Waals surface area contributed by atoms with Crippen LogP contribution in [-0.2, 0) is 0 Å². The first-order chi connectivity index (χ1) is 9.25. The first-order valence-electron chi connectivity index (χ1n) is 7.03. The zero-order valence-electron chi connectivity index (χ0n) is 14.9. The molecule has 1 aromatic carbocycles. The van der Waals surface area contributed by atoms with Crippen LogP contribution < -0.4 is 0 Å². The van der Waals surface area contributed by atoms with E-state index in [-0.39, 0.29) is 0 Å². The van der Waals surface area contributed by atoms with E-state index in [1.165, 1.54) is 0 Å². The van der Waals surface area contributed by atoms with Crippen molar-refractivity contribution in [2.45, 2.75) is 0 Å². The molecule has 0 aromatic heterocycles. The molecule has 21 heavy (non-hydrogen) atoms. The van der Waals surface area contributed by atoms with Gasteiger partial charge in [-0.05, 0) is 99.3 Å². The predicted octanol–water partition coefficient (Wildman–Crippen LogP) is 6.85. The fourth-order valence-electron chi connectivity index (χ4n) is 1.73. The van der Waals surface area contributed by atoms with Gasteiger partial charge in [0.25, 0.3) is 0 Å². The average Bonchev–Trinajstić information content (AvgIpc) is 2.15. The average molecular weight is 345 g/mol. The molecule has 0 aliphatic carbocycles. The summed E-state index contributed by atoms with van der Waals surface area (Å²) in [7, 11) is -3.68. The Bertz CT molecular complexity index is 659. The van der Waals surface area contributed by atoms with Crippen LogP contribution in [0, 0.1) is 0 Å². The van der Waals surface area contributed by atoms with Gasteiger partial charge in [-0.15, -0.1) is 0 Å². The van der Waals surface area contributed by atoms with E-state index in [9.17, 15) is 0 Å². The molecule has 120 valence electrons. The van der Waals surface area contributed by atoms with Crippen molar-refractivity contribution in [1.82, 2.24) is 0 Å². The Hall–Kier alpha value is -0.0900. The van der Waals surface area contributed by atoms with E-state index in [1.807, 2.05) is 0 Å². The molecular weight excluding hydrogens is 315 g/mol. The molecule has 0 heterocycles. The molecule has 0 bridgehead atoms. The second-order valence-electron chi connectivity index (χ2n) is 7.80. The highest BCUT2D eigenvalue weighted by Crippen LogP contribution is 2.50. The van der Waals surface area contributed by atoms with E-state index >= 15 is 0 Å². The Kier molecular flexibility index (Phi) is 5.93. The Morgan fingerprint density at radius 1 is 0.571 bits per heavy atom. The van der Waals surface area contributed by atoms with Gasteiger partial charge in [0.05, 0.1) is 17.1 Å². The lowest BCUT2D eigenvalue weighted by Crippen LogP contribution is -1.76. The number of hydrogen-bond donors (Lipinski definition) is 0. The SMILES string of the molecule is CP(C)(C)=Nc1ccc(N=P(C)(C)C)c(N=P(C)(C)C)c1. The summed E-state index contributed by atoms with van der Waals surface area (Å²) >= 11 is 0. The summed E-state index contributed by atoms with van der Waals surface area (Å²) in [5.74, 6) is 0. The highest BCUT2D eigenvalue weighted by Gasteiger charge is 2.07. The highest BCUT2D eigenvalue weighted by atomic mass is 31.2. The molecule has 0 atom stereocenters. The third-order valence-corrected chi connectivity index (χ3v) is 4.65. The molecule has 0 aliphatic heterocycles. The van der Waals surface area contributed by atoms with Gasteiger partial charge >= 0.3 is 0 Å². The summed E-state index contributed by atoms with van der Waals surface area (Å²) in [6.07, 6.45) is 0. The first-order valence-corrected chi connectivity index (χ1v) is 16.3. The molecule has 0 fully saturated rings. The van der Waals surface area contributed by atoms with Gasteiger partial charge in [0.2, 0.25) is 0 Å². The second kappa shape index (κ2) is 6.57. The summed E-state index contributed by atoms with van der Waals surface area (Å²) in [6, 6.07) is 6.29. The van der Waals surface area contributed by atoms with Crippen molar-refractivity contribution in [3.05, 3.63) is 18.2 Å². The Labute approximate surface area is 131 Å². The molecule has 3 nitrogen and oxygen atoms in total.